The quantitative estimate of drug-likeness (QED) is 0.444. The Morgan fingerprint density at radius 2 is 1.88 bits per heavy atom. The predicted molar refractivity (Wildman–Crippen MR) is 125 cm³/mol. The van der Waals surface area contributed by atoms with Crippen molar-refractivity contribution in [2.75, 3.05) is 26.9 Å². The van der Waals surface area contributed by atoms with Crippen LogP contribution >= 0.6 is 0 Å². The number of hydrogen-bond donors (Lipinski definition) is 0. The second-order valence-corrected chi connectivity index (χ2v) is 8.19. The first kappa shape index (κ1) is 22.9. The van der Waals surface area contributed by atoms with E-state index >= 15 is 0 Å². The van der Waals surface area contributed by atoms with Gasteiger partial charge in [-0.15, -0.1) is 0 Å². The predicted octanol–water partition coefficient (Wildman–Crippen LogP) is 4.56. The molecule has 7 nitrogen and oxygen atoms in total. The van der Waals surface area contributed by atoms with Crippen LogP contribution in [0.3, 0.4) is 0 Å². The molecule has 7 heteroatoms. The minimum Gasteiger partial charge on any atom is -0.493 e. The standard InChI is InChI=1S/C26H29NO6/c1-5-31-20-12-11-17(15-21(20)30-4)23-22-24(28)18-9-6-7-10-19(18)33-25(22)26(29)27(23)13-8-14-32-16(2)3/h6-7,9-12,15-16,23H,5,8,13-14H2,1-4H3. The first-order valence-electron chi connectivity index (χ1n) is 11.2. The fourth-order valence-electron chi connectivity index (χ4n) is 4.23. The fraction of sp³-hybridized carbons (Fsp3) is 0.385. The number of benzene rings is 2. The Balaban J connectivity index is 1.81. The van der Waals surface area contributed by atoms with Crippen molar-refractivity contribution in [2.24, 2.45) is 0 Å². The number of ether oxygens (including phenoxy) is 3. The molecule has 1 aliphatic heterocycles. The zero-order valence-electron chi connectivity index (χ0n) is 19.4. The van der Waals surface area contributed by atoms with E-state index in [0.29, 0.717) is 54.2 Å². The van der Waals surface area contributed by atoms with Crippen molar-refractivity contribution in [1.29, 1.82) is 0 Å². The van der Waals surface area contributed by atoms with Crippen molar-refractivity contribution in [3.63, 3.8) is 0 Å². The Hall–Kier alpha value is -3.32. The average molecular weight is 452 g/mol. The minimum absolute atomic E-state index is 0.0985. The smallest absolute Gasteiger partial charge is 0.290 e. The number of nitrogens with zero attached hydrogens (tertiary/aromatic N) is 1. The Morgan fingerprint density at radius 1 is 1.09 bits per heavy atom. The van der Waals surface area contributed by atoms with Gasteiger partial charge in [0, 0.05) is 13.2 Å². The summed E-state index contributed by atoms with van der Waals surface area (Å²) < 4.78 is 22.8. The van der Waals surface area contributed by atoms with Crippen LogP contribution in [0.15, 0.2) is 51.7 Å². The normalized spacial score (nSPS) is 15.4. The summed E-state index contributed by atoms with van der Waals surface area (Å²) in [5.74, 6) is 0.954. The minimum atomic E-state index is -0.586. The third kappa shape index (κ3) is 4.33. The summed E-state index contributed by atoms with van der Waals surface area (Å²) in [5, 5.41) is 0.456. The van der Waals surface area contributed by atoms with Crippen LogP contribution in [0.4, 0.5) is 0 Å². The van der Waals surface area contributed by atoms with Gasteiger partial charge in [-0.2, -0.15) is 0 Å². The second kappa shape index (κ2) is 9.67. The zero-order valence-corrected chi connectivity index (χ0v) is 19.4. The van der Waals surface area contributed by atoms with Gasteiger partial charge in [0.25, 0.3) is 5.91 Å². The van der Waals surface area contributed by atoms with E-state index in [1.54, 1.807) is 36.3 Å². The van der Waals surface area contributed by atoms with Crippen LogP contribution in [0.5, 0.6) is 11.5 Å². The van der Waals surface area contributed by atoms with E-state index in [0.717, 1.165) is 5.56 Å². The molecular formula is C26H29NO6. The van der Waals surface area contributed by atoms with Gasteiger partial charge in [-0.05, 0) is 57.0 Å². The largest absolute Gasteiger partial charge is 0.493 e. The van der Waals surface area contributed by atoms with E-state index in [4.69, 9.17) is 18.6 Å². The number of rotatable bonds is 9. The molecule has 33 heavy (non-hydrogen) atoms. The van der Waals surface area contributed by atoms with Crippen LogP contribution in [0.25, 0.3) is 11.0 Å². The van der Waals surface area contributed by atoms with Crippen molar-refractivity contribution in [3.05, 3.63) is 69.6 Å². The summed E-state index contributed by atoms with van der Waals surface area (Å²) in [4.78, 5) is 28.6. The van der Waals surface area contributed by atoms with Gasteiger partial charge in [-0.1, -0.05) is 18.2 Å². The van der Waals surface area contributed by atoms with E-state index in [-0.39, 0.29) is 23.2 Å². The summed E-state index contributed by atoms with van der Waals surface area (Å²) in [6.07, 6.45) is 0.743. The summed E-state index contributed by atoms with van der Waals surface area (Å²) >= 11 is 0. The Morgan fingerprint density at radius 3 is 2.61 bits per heavy atom. The van der Waals surface area contributed by atoms with Gasteiger partial charge in [0.2, 0.25) is 5.76 Å². The topological polar surface area (TPSA) is 78.2 Å². The molecule has 0 N–H and O–H groups in total. The molecule has 3 aromatic rings. The van der Waals surface area contributed by atoms with Crippen molar-refractivity contribution in [1.82, 2.24) is 4.90 Å². The fourth-order valence-corrected chi connectivity index (χ4v) is 4.23. The maximum atomic E-state index is 13.5. The number of amides is 1. The molecule has 1 unspecified atom stereocenters. The molecule has 0 radical (unpaired) electrons. The van der Waals surface area contributed by atoms with Crippen LogP contribution in [0, 0.1) is 0 Å². The van der Waals surface area contributed by atoms with Gasteiger partial charge in [-0.3, -0.25) is 9.59 Å². The maximum absolute atomic E-state index is 13.5. The Bertz CT molecular complexity index is 1220. The summed E-state index contributed by atoms with van der Waals surface area (Å²) in [6, 6.07) is 11.9. The molecule has 4 rings (SSSR count). The molecule has 0 fully saturated rings. The van der Waals surface area contributed by atoms with E-state index in [1.807, 2.05) is 39.0 Å². The molecule has 0 spiro atoms. The van der Waals surface area contributed by atoms with Crippen molar-refractivity contribution < 1.29 is 23.4 Å². The summed E-state index contributed by atoms with van der Waals surface area (Å²) in [5.41, 5.74) is 1.33. The monoisotopic (exact) mass is 451 g/mol. The number of fused-ring (bicyclic) bond motifs is 2. The lowest BCUT2D eigenvalue weighted by Crippen LogP contribution is -2.31. The molecule has 174 valence electrons. The van der Waals surface area contributed by atoms with Crippen LogP contribution in [-0.2, 0) is 4.74 Å². The first-order valence-corrected chi connectivity index (χ1v) is 11.2. The van der Waals surface area contributed by atoms with Gasteiger partial charge in [0.1, 0.15) is 5.58 Å². The third-order valence-corrected chi connectivity index (χ3v) is 5.67. The van der Waals surface area contributed by atoms with Gasteiger partial charge in [0.15, 0.2) is 16.9 Å². The van der Waals surface area contributed by atoms with E-state index in [2.05, 4.69) is 0 Å². The molecule has 2 aromatic carbocycles. The van der Waals surface area contributed by atoms with Crippen molar-refractivity contribution in [3.8, 4) is 11.5 Å². The highest BCUT2D eigenvalue weighted by molar-refractivity contribution is 5.99. The zero-order chi connectivity index (χ0) is 23.5. The third-order valence-electron chi connectivity index (χ3n) is 5.67. The van der Waals surface area contributed by atoms with Crippen LogP contribution in [0.2, 0.25) is 0 Å². The average Bonchev–Trinajstić information content (AvgIpc) is 3.09. The van der Waals surface area contributed by atoms with Gasteiger partial charge in [0.05, 0.1) is 36.8 Å². The lowest BCUT2D eigenvalue weighted by molar-refractivity contribution is 0.0593. The lowest BCUT2D eigenvalue weighted by Gasteiger charge is -2.26. The Labute approximate surface area is 192 Å². The molecule has 0 saturated carbocycles. The Kier molecular flexibility index (Phi) is 6.70. The molecule has 0 bridgehead atoms. The number of methoxy groups -OCH3 is 1. The number of para-hydroxylation sites is 1. The van der Waals surface area contributed by atoms with Crippen LogP contribution < -0.4 is 14.9 Å². The van der Waals surface area contributed by atoms with Crippen molar-refractivity contribution >= 4 is 16.9 Å². The maximum Gasteiger partial charge on any atom is 0.290 e. The van der Waals surface area contributed by atoms with E-state index in [1.165, 1.54) is 0 Å². The number of carbonyl (C=O) groups excluding carboxylic acids is 1. The highest BCUT2D eigenvalue weighted by atomic mass is 16.5. The number of carbonyl (C=O) groups is 1. The first-order chi connectivity index (χ1) is 16.0. The summed E-state index contributed by atoms with van der Waals surface area (Å²) in [6.45, 7) is 7.28. The molecule has 1 amide bonds. The second-order valence-electron chi connectivity index (χ2n) is 8.19. The highest BCUT2D eigenvalue weighted by Crippen LogP contribution is 2.41. The number of hydrogen-bond acceptors (Lipinski definition) is 6. The van der Waals surface area contributed by atoms with E-state index < -0.39 is 6.04 Å². The van der Waals surface area contributed by atoms with Crippen molar-refractivity contribution in [2.45, 2.75) is 39.3 Å². The highest BCUT2D eigenvalue weighted by Gasteiger charge is 2.42. The molecule has 2 heterocycles. The van der Waals surface area contributed by atoms with Crippen LogP contribution in [-0.4, -0.2) is 43.8 Å². The molecule has 1 atom stereocenters. The molecule has 0 aliphatic carbocycles. The molecule has 1 aromatic heterocycles. The molecule has 0 saturated heterocycles. The molecule has 1 aliphatic rings. The van der Waals surface area contributed by atoms with Gasteiger partial charge in [-0.25, -0.2) is 0 Å². The SMILES string of the molecule is CCOc1ccc(C2c3c(oc4ccccc4c3=O)C(=O)N2CCCOC(C)C)cc1OC. The van der Waals surface area contributed by atoms with E-state index in [9.17, 15) is 9.59 Å². The molecular weight excluding hydrogens is 422 g/mol. The van der Waals surface area contributed by atoms with Gasteiger partial charge >= 0.3 is 0 Å². The lowest BCUT2D eigenvalue weighted by atomic mass is 9.98. The summed E-state index contributed by atoms with van der Waals surface area (Å²) in [7, 11) is 1.57. The van der Waals surface area contributed by atoms with Gasteiger partial charge < -0.3 is 23.5 Å². The van der Waals surface area contributed by atoms with Crippen LogP contribution in [0.1, 0.15) is 54.9 Å².